The summed E-state index contributed by atoms with van der Waals surface area (Å²) in [5.74, 6) is 0. The van der Waals surface area contributed by atoms with Crippen LogP contribution in [0.15, 0.2) is 17.0 Å². The van der Waals surface area contributed by atoms with Crippen LogP contribution < -0.4 is 4.72 Å². The third-order valence-electron chi connectivity index (χ3n) is 2.13. The van der Waals surface area contributed by atoms with Gasteiger partial charge >= 0.3 is 0 Å². The third-order valence-corrected chi connectivity index (χ3v) is 4.46. The first-order valence-corrected chi connectivity index (χ1v) is 7.18. The molecular formula is C10H13Cl2NO3S. The van der Waals surface area contributed by atoms with Crippen molar-refractivity contribution in [2.24, 2.45) is 0 Å². The number of rotatable bonds is 5. The van der Waals surface area contributed by atoms with Gasteiger partial charge < -0.3 is 5.11 Å². The number of aryl methyl sites for hydroxylation is 1. The van der Waals surface area contributed by atoms with Gasteiger partial charge in [-0.25, -0.2) is 13.1 Å². The van der Waals surface area contributed by atoms with Crippen molar-refractivity contribution in [2.45, 2.75) is 18.2 Å². The summed E-state index contributed by atoms with van der Waals surface area (Å²) in [5, 5.41) is 9.11. The van der Waals surface area contributed by atoms with Crippen molar-refractivity contribution in [3.05, 3.63) is 27.7 Å². The molecule has 0 saturated carbocycles. The second-order valence-electron chi connectivity index (χ2n) is 3.51. The number of halogens is 2. The van der Waals surface area contributed by atoms with Gasteiger partial charge in [0.25, 0.3) is 0 Å². The van der Waals surface area contributed by atoms with Gasteiger partial charge in [0.05, 0.1) is 14.9 Å². The molecule has 17 heavy (non-hydrogen) atoms. The molecule has 2 N–H and O–H groups in total. The van der Waals surface area contributed by atoms with Crippen molar-refractivity contribution in [1.29, 1.82) is 0 Å². The van der Waals surface area contributed by atoms with Gasteiger partial charge in [-0.2, -0.15) is 0 Å². The van der Waals surface area contributed by atoms with Crippen LogP contribution in [0, 0.1) is 6.92 Å². The molecule has 0 radical (unpaired) electrons. The van der Waals surface area contributed by atoms with Crippen LogP contribution in [0.1, 0.15) is 12.0 Å². The van der Waals surface area contributed by atoms with E-state index in [2.05, 4.69) is 4.72 Å². The Morgan fingerprint density at radius 1 is 1.29 bits per heavy atom. The minimum atomic E-state index is -3.61. The standard InChI is InChI=1S/C10H13Cl2NO3S/c1-7-5-8(11)9(12)6-10(7)17(15,16)13-3-2-4-14/h5-6,13-14H,2-4H2,1H3. The first-order chi connectivity index (χ1) is 7.88. The molecule has 0 aliphatic heterocycles. The zero-order valence-corrected chi connectivity index (χ0v) is 11.5. The smallest absolute Gasteiger partial charge is 0.240 e. The Kier molecular flexibility index (Phi) is 5.22. The van der Waals surface area contributed by atoms with Gasteiger partial charge in [-0.3, -0.25) is 0 Å². The van der Waals surface area contributed by atoms with Gasteiger partial charge in [0.15, 0.2) is 0 Å². The SMILES string of the molecule is Cc1cc(Cl)c(Cl)cc1S(=O)(=O)NCCCO. The Morgan fingerprint density at radius 3 is 2.47 bits per heavy atom. The molecule has 0 heterocycles. The second-order valence-corrected chi connectivity index (χ2v) is 6.06. The Labute approximate surface area is 111 Å². The molecule has 96 valence electrons. The molecular weight excluding hydrogens is 285 g/mol. The summed E-state index contributed by atoms with van der Waals surface area (Å²) in [6.45, 7) is 1.75. The van der Waals surface area contributed by atoms with Gasteiger partial charge in [0.2, 0.25) is 10.0 Å². The van der Waals surface area contributed by atoms with Gasteiger partial charge in [-0.05, 0) is 31.0 Å². The lowest BCUT2D eigenvalue weighted by Crippen LogP contribution is -2.26. The lowest BCUT2D eigenvalue weighted by Gasteiger charge is -2.10. The maximum Gasteiger partial charge on any atom is 0.240 e. The van der Waals surface area contributed by atoms with Gasteiger partial charge in [-0.1, -0.05) is 23.2 Å². The number of nitrogens with one attached hydrogen (secondary N) is 1. The summed E-state index contributed by atoms with van der Waals surface area (Å²) in [5.41, 5.74) is 0.524. The number of hydrogen-bond acceptors (Lipinski definition) is 3. The molecule has 0 unspecified atom stereocenters. The van der Waals surface area contributed by atoms with Crippen molar-refractivity contribution in [1.82, 2.24) is 4.72 Å². The van der Waals surface area contributed by atoms with E-state index in [9.17, 15) is 8.42 Å². The van der Waals surface area contributed by atoms with Gasteiger partial charge in [0, 0.05) is 13.2 Å². The van der Waals surface area contributed by atoms with Crippen molar-refractivity contribution < 1.29 is 13.5 Å². The molecule has 0 aromatic heterocycles. The van der Waals surface area contributed by atoms with Crippen LogP contribution in [-0.4, -0.2) is 26.7 Å². The summed E-state index contributed by atoms with van der Waals surface area (Å²) >= 11 is 11.6. The van der Waals surface area contributed by atoms with Crippen LogP contribution in [0.25, 0.3) is 0 Å². The highest BCUT2D eigenvalue weighted by molar-refractivity contribution is 7.89. The van der Waals surface area contributed by atoms with E-state index < -0.39 is 10.0 Å². The molecule has 1 aromatic carbocycles. The fourth-order valence-corrected chi connectivity index (χ4v) is 3.05. The molecule has 0 spiro atoms. The van der Waals surface area contributed by atoms with E-state index >= 15 is 0 Å². The predicted molar refractivity (Wildman–Crippen MR) is 68.1 cm³/mol. The number of benzene rings is 1. The van der Waals surface area contributed by atoms with Crippen molar-refractivity contribution in [2.75, 3.05) is 13.2 Å². The first-order valence-electron chi connectivity index (χ1n) is 4.94. The molecule has 0 amide bonds. The number of hydrogen-bond donors (Lipinski definition) is 2. The minimum absolute atomic E-state index is 0.0666. The van der Waals surface area contributed by atoms with E-state index in [0.717, 1.165) is 0 Å². The monoisotopic (exact) mass is 297 g/mol. The summed E-state index contributed by atoms with van der Waals surface area (Å²) in [7, 11) is -3.61. The summed E-state index contributed by atoms with van der Waals surface area (Å²) in [4.78, 5) is 0.102. The molecule has 1 aromatic rings. The molecule has 0 fully saturated rings. The summed E-state index contributed by atoms with van der Waals surface area (Å²) in [6.07, 6.45) is 0.361. The highest BCUT2D eigenvalue weighted by atomic mass is 35.5. The van der Waals surface area contributed by atoms with Crippen LogP contribution in [0.4, 0.5) is 0 Å². The van der Waals surface area contributed by atoms with E-state index in [0.29, 0.717) is 17.0 Å². The highest BCUT2D eigenvalue weighted by Crippen LogP contribution is 2.27. The number of aliphatic hydroxyl groups excluding tert-OH is 1. The molecule has 0 bridgehead atoms. The molecule has 0 saturated heterocycles. The molecule has 0 aliphatic carbocycles. The van der Waals surface area contributed by atoms with Crippen LogP contribution in [0.2, 0.25) is 10.0 Å². The Balaban J connectivity index is 3.03. The maximum absolute atomic E-state index is 11.9. The van der Waals surface area contributed by atoms with Crippen molar-refractivity contribution in [3.63, 3.8) is 0 Å². The predicted octanol–water partition coefficient (Wildman–Crippen LogP) is 1.96. The third kappa shape index (κ3) is 3.82. The molecule has 0 atom stereocenters. The highest BCUT2D eigenvalue weighted by Gasteiger charge is 2.17. The average molecular weight is 298 g/mol. The van der Waals surface area contributed by atoms with Crippen LogP contribution in [-0.2, 0) is 10.0 Å². The van der Waals surface area contributed by atoms with E-state index in [4.69, 9.17) is 28.3 Å². The van der Waals surface area contributed by atoms with Crippen LogP contribution in [0.3, 0.4) is 0 Å². The lowest BCUT2D eigenvalue weighted by molar-refractivity contribution is 0.289. The zero-order chi connectivity index (χ0) is 13.1. The summed E-state index contributed by atoms with van der Waals surface area (Å²) in [6, 6.07) is 2.82. The molecule has 0 aliphatic rings. The zero-order valence-electron chi connectivity index (χ0n) is 9.20. The Hall–Kier alpha value is -0.330. The minimum Gasteiger partial charge on any atom is -0.396 e. The summed E-state index contributed by atoms with van der Waals surface area (Å²) < 4.78 is 26.2. The van der Waals surface area contributed by atoms with Crippen molar-refractivity contribution >= 4 is 33.2 Å². The number of sulfonamides is 1. The topological polar surface area (TPSA) is 66.4 Å². The fraction of sp³-hybridized carbons (Fsp3) is 0.400. The average Bonchev–Trinajstić information content (AvgIpc) is 2.23. The first kappa shape index (κ1) is 14.7. The Bertz CT molecular complexity index is 503. The van der Waals surface area contributed by atoms with Crippen molar-refractivity contribution in [3.8, 4) is 0 Å². The molecule has 1 rings (SSSR count). The fourth-order valence-electron chi connectivity index (χ4n) is 1.28. The molecule has 4 nitrogen and oxygen atoms in total. The van der Waals surface area contributed by atoms with Crippen LogP contribution in [0.5, 0.6) is 0 Å². The quantitative estimate of drug-likeness (QED) is 0.817. The number of aliphatic hydroxyl groups is 1. The second kappa shape index (κ2) is 6.02. The van der Waals surface area contributed by atoms with E-state index in [1.54, 1.807) is 6.92 Å². The Morgan fingerprint density at radius 2 is 1.88 bits per heavy atom. The van der Waals surface area contributed by atoms with Gasteiger partial charge in [0.1, 0.15) is 0 Å². The largest absolute Gasteiger partial charge is 0.396 e. The van der Waals surface area contributed by atoms with E-state index in [1.807, 2.05) is 0 Å². The maximum atomic E-state index is 11.9. The normalized spacial score (nSPS) is 11.8. The molecule has 7 heteroatoms. The van der Waals surface area contributed by atoms with Gasteiger partial charge in [-0.15, -0.1) is 0 Å². The lowest BCUT2D eigenvalue weighted by atomic mass is 10.2. The van der Waals surface area contributed by atoms with E-state index in [1.165, 1.54) is 12.1 Å². The van der Waals surface area contributed by atoms with Crippen LogP contribution >= 0.6 is 23.2 Å². The van der Waals surface area contributed by atoms with E-state index in [-0.39, 0.29) is 23.1 Å².